The molecular weight excluding hydrogens is 381 g/mol. The number of hydrogen-bond acceptors (Lipinski definition) is 3. The zero-order valence-corrected chi connectivity index (χ0v) is 16.0. The zero-order valence-electron chi connectivity index (χ0n) is 15.2. The van der Waals surface area contributed by atoms with Crippen molar-refractivity contribution in [1.29, 1.82) is 0 Å². The molecule has 0 aliphatic heterocycles. The van der Waals surface area contributed by atoms with E-state index >= 15 is 0 Å². The summed E-state index contributed by atoms with van der Waals surface area (Å²) in [5, 5.41) is 5.23. The molecular formula is C21H17ClFN3O2. The van der Waals surface area contributed by atoms with Gasteiger partial charge in [0.25, 0.3) is 11.8 Å². The number of aromatic nitrogens is 1. The normalized spacial score (nSPS) is 10.4. The first-order valence-corrected chi connectivity index (χ1v) is 8.83. The number of hydrogen-bond donors (Lipinski definition) is 2. The highest BCUT2D eigenvalue weighted by atomic mass is 35.5. The summed E-state index contributed by atoms with van der Waals surface area (Å²) in [6, 6.07) is 14.0. The van der Waals surface area contributed by atoms with Gasteiger partial charge in [0.15, 0.2) is 0 Å². The van der Waals surface area contributed by atoms with Gasteiger partial charge >= 0.3 is 0 Å². The van der Waals surface area contributed by atoms with Crippen molar-refractivity contribution in [2.45, 2.75) is 13.8 Å². The summed E-state index contributed by atoms with van der Waals surface area (Å²) in [5.41, 5.74) is 3.29. The molecule has 0 aliphatic carbocycles. The lowest BCUT2D eigenvalue weighted by molar-refractivity contribution is 0.101. The summed E-state index contributed by atoms with van der Waals surface area (Å²) in [7, 11) is 0. The van der Waals surface area contributed by atoms with Gasteiger partial charge in [-0.2, -0.15) is 0 Å². The fourth-order valence-electron chi connectivity index (χ4n) is 2.47. The van der Waals surface area contributed by atoms with E-state index in [0.717, 1.165) is 17.2 Å². The number of nitrogens with one attached hydrogen (secondary N) is 2. The number of aryl methyl sites for hydroxylation is 2. The average molecular weight is 398 g/mol. The Morgan fingerprint density at radius 2 is 1.43 bits per heavy atom. The zero-order chi connectivity index (χ0) is 20.3. The lowest BCUT2D eigenvalue weighted by atomic mass is 10.1. The summed E-state index contributed by atoms with van der Waals surface area (Å²) in [5.74, 6) is -1.55. The van der Waals surface area contributed by atoms with Crippen LogP contribution in [0.15, 0.2) is 54.6 Å². The molecule has 0 spiro atoms. The Hall–Kier alpha value is -3.25. The quantitative estimate of drug-likeness (QED) is 0.651. The van der Waals surface area contributed by atoms with E-state index in [0.29, 0.717) is 11.4 Å². The molecule has 1 aromatic heterocycles. The van der Waals surface area contributed by atoms with E-state index in [2.05, 4.69) is 15.6 Å². The fourth-order valence-corrected chi connectivity index (χ4v) is 2.65. The van der Waals surface area contributed by atoms with Gasteiger partial charge in [0.2, 0.25) is 0 Å². The van der Waals surface area contributed by atoms with Crippen LogP contribution in [0.1, 0.15) is 32.1 Å². The lowest BCUT2D eigenvalue weighted by Crippen LogP contribution is -2.18. The van der Waals surface area contributed by atoms with E-state index in [9.17, 15) is 14.0 Å². The molecule has 0 saturated heterocycles. The van der Waals surface area contributed by atoms with Gasteiger partial charge in [-0.15, -0.1) is 0 Å². The van der Waals surface area contributed by atoms with Crippen molar-refractivity contribution in [3.63, 3.8) is 0 Å². The molecule has 5 nitrogen and oxygen atoms in total. The second-order valence-corrected chi connectivity index (χ2v) is 6.65. The average Bonchev–Trinajstić information content (AvgIpc) is 2.67. The van der Waals surface area contributed by atoms with Crippen LogP contribution >= 0.6 is 11.6 Å². The van der Waals surface area contributed by atoms with Crippen LogP contribution in [0.25, 0.3) is 0 Å². The van der Waals surface area contributed by atoms with Crippen molar-refractivity contribution >= 4 is 34.8 Å². The van der Waals surface area contributed by atoms with Crippen LogP contribution in [0.3, 0.4) is 0 Å². The van der Waals surface area contributed by atoms with Crippen LogP contribution < -0.4 is 10.6 Å². The van der Waals surface area contributed by atoms with Crippen molar-refractivity contribution in [2.24, 2.45) is 0 Å². The van der Waals surface area contributed by atoms with E-state index in [-0.39, 0.29) is 16.4 Å². The number of pyridine rings is 1. The Balaban J connectivity index is 1.75. The number of amides is 2. The Labute approximate surface area is 166 Å². The highest BCUT2D eigenvalue weighted by Gasteiger charge is 2.14. The third-order valence-electron chi connectivity index (χ3n) is 4.16. The first-order valence-electron chi connectivity index (χ1n) is 8.45. The molecule has 7 heteroatoms. The van der Waals surface area contributed by atoms with Gasteiger partial charge in [-0.05, 0) is 67.4 Å². The minimum Gasteiger partial charge on any atom is -0.321 e. The number of rotatable bonds is 4. The SMILES string of the molecule is Cc1ccc(NC(=O)c2cccc(C(=O)Nc3ccc(F)c(Cl)c3)n2)cc1C. The number of benzene rings is 2. The number of carbonyl (C=O) groups excluding carboxylic acids is 2. The van der Waals surface area contributed by atoms with Gasteiger partial charge < -0.3 is 10.6 Å². The van der Waals surface area contributed by atoms with E-state index in [1.807, 2.05) is 26.0 Å². The summed E-state index contributed by atoms with van der Waals surface area (Å²) in [4.78, 5) is 29.0. The van der Waals surface area contributed by atoms with Crippen LogP contribution in [0.2, 0.25) is 5.02 Å². The number of carbonyl (C=O) groups is 2. The van der Waals surface area contributed by atoms with Crippen molar-refractivity contribution < 1.29 is 14.0 Å². The standard InChI is InChI=1S/C21H17ClFN3O2/c1-12-6-7-14(10-13(12)2)24-20(27)18-4-3-5-19(26-18)21(28)25-15-8-9-17(23)16(22)11-15/h3-11H,1-2H3,(H,24,27)(H,25,28). The van der Waals surface area contributed by atoms with Crippen LogP contribution in [0, 0.1) is 19.7 Å². The van der Waals surface area contributed by atoms with Crippen LogP contribution in [0.5, 0.6) is 0 Å². The first-order chi connectivity index (χ1) is 13.3. The van der Waals surface area contributed by atoms with Crippen molar-refractivity contribution in [3.8, 4) is 0 Å². The maximum absolute atomic E-state index is 13.2. The van der Waals surface area contributed by atoms with Gasteiger partial charge in [-0.1, -0.05) is 23.7 Å². The summed E-state index contributed by atoms with van der Waals surface area (Å²) in [6.07, 6.45) is 0. The minimum atomic E-state index is -0.581. The van der Waals surface area contributed by atoms with Crippen LogP contribution in [-0.2, 0) is 0 Å². The maximum Gasteiger partial charge on any atom is 0.274 e. The molecule has 0 atom stereocenters. The largest absolute Gasteiger partial charge is 0.321 e. The van der Waals surface area contributed by atoms with Gasteiger partial charge in [0.05, 0.1) is 5.02 Å². The number of halogens is 2. The van der Waals surface area contributed by atoms with Gasteiger partial charge in [-0.3, -0.25) is 9.59 Å². The molecule has 2 aromatic carbocycles. The molecule has 3 rings (SSSR count). The monoisotopic (exact) mass is 397 g/mol. The Bertz CT molecular complexity index is 989. The molecule has 2 amide bonds. The molecule has 0 fully saturated rings. The van der Waals surface area contributed by atoms with E-state index < -0.39 is 17.6 Å². The van der Waals surface area contributed by atoms with E-state index in [1.165, 1.54) is 24.3 Å². The molecule has 0 radical (unpaired) electrons. The molecule has 2 N–H and O–H groups in total. The van der Waals surface area contributed by atoms with Gasteiger partial charge in [0.1, 0.15) is 17.2 Å². The molecule has 1 heterocycles. The van der Waals surface area contributed by atoms with Gasteiger partial charge in [-0.25, -0.2) is 9.37 Å². The van der Waals surface area contributed by atoms with Crippen molar-refractivity contribution in [1.82, 2.24) is 4.98 Å². The Morgan fingerprint density at radius 3 is 2.00 bits per heavy atom. The molecule has 28 heavy (non-hydrogen) atoms. The third-order valence-corrected chi connectivity index (χ3v) is 4.45. The van der Waals surface area contributed by atoms with Crippen molar-refractivity contribution in [3.05, 3.63) is 88.0 Å². The van der Waals surface area contributed by atoms with E-state index in [4.69, 9.17) is 11.6 Å². The fraction of sp³-hybridized carbons (Fsp3) is 0.0952. The Morgan fingerprint density at radius 1 is 0.857 bits per heavy atom. The smallest absolute Gasteiger partial charge is 0.274 e. The van der Waals surface area contributed by atoms with Crippen LogP contribution in [0.4, 0.5) is 15.8 Å². The molecule has 0 unspecified atom stereocenters. The van der Waals surface area contributed by atoms with Crippen LogP contribution in [-0.4, -0.2) is 16.8 Å². The highest BCUT2D eigenvalue weighted by molar-refractivity contribution is 6.31. The summed E-state index contributed by atoms with van der Waals surface area (Å²) in [6.45, 7) is 3.94. The van der Waals surface area contributed by atoms with Crippen molar-refractivity contribution in [2.75, 3.05) is 10.6 Å². The predicted octanol–water partition coefficient (Wildman–Crippen LogP) is 5.00. The third kappa shape index (κ3) is 4.53. The second kappa shape index (κ2) is 8.19. The molecule has 0 bridgehead atoms. The number of nitrogens with zero attached hydrogens (tertiary/aromatic N) is 1. The second-order valence-electron chi connectivity index (χ2n) is 6.24. The minimum absolute atomic E-state index is 0.0492. The topological polar surface area (TPSA) is 71.1 Å². The van der Waals surface area contributed by atoms with Gasteiger partial charge in [0, 0.05) is 11.4 Å². The first kappa shape index (κ1) is 19.5. The molecule has 0 saturated carbocycles. The Kier molecular flexibility index (Phi) is 5.70. The molecule has 0 aliphatic rings. The summed E-state index contributed by atoms with van der Waals surface area (Å²) < 4.78 is 13.2. The molecule has 142 valence electrons. The lowest BCUT2D eigenvalue weighted by Gasteiger charge is -2.09. The van der Waals surface area contributed by atoms with E-state index in [1.54, 1.807) is 12.1 Å². The number of anilines is 2. The molecule has 3 aromatic rings. The maximum atomic E-state index is 13.2. The highest BCUT2D eigenvalue weighted by Crippen LogP contribution is 2.20. The summed E-state index contributed by atoms with van der Waals surface area (Å²) >= 11 is 5.71. The predicted molar refractivity (Wildman–Crippen MR) is 107 cm³/mol.